The number of carbonyl (C=O) groups excluding carboxylic acids is 2. The average molecular weight is 426 g/mol. The number of nitrogens with one attached hydrogen (secondary N) is 1. The smallest absolute Gasteiger partial charge is 0.318 e. The topological polar surface area (TPSA) is 90.9 Å². The molecule has 0 saturated carbocycles. The van der Waals surface area contributed by atoms with E-state index in [1.165, 1.54) is 0 Å². The van der Waals surface area contributed by atoms with Gasteiger partial charge in [-0.3, -0.25) is 0 Å². The van der Waals surface area contributed by atoms with Crippen molar-refractivity contribution in [2.75, 3.05) is 20.8 Å². The van der Waals surface area contributed by atoms with E-state index in [1.807, 2.05) is 49.4 Å². The quantitative estimate of drug-likeness (QED) is 0.736. The van der Waals surface area contributed by atoms with E-state index in [2.05, 4.69) is 5.32 Å². The largest absolute Gasteiger partial charge is 0.548 e. The van der Waals surface area contributed by atoms with Crippen LogP contribution < -0.4 is 19.9 Å². The molecule has 0 spiro atoms. The number of carbonyl (C=O) groups is 2. The Morgan fingerprint density at radius 1 is 1.16 bits per heavy atom. The Hall–Kier alpha value is -3.22. The van der Waals surface area contributed by atoms with Gasteiger partial charge in [0.1, 0.15) is 0 Å². The highest BCUT2D eigenvalue weighted by Crippen LogP contribution is 2.41. The minimum absolute atomic E-state index is 0.245. The number of nitrogens with zero attached hydrogens (tertiary/aromatic N) is 1. The second kappa shape index (κ2) is 9.73. The second-order valence-corrected chi connectivity index (χ2v) is 7.79. The Morgan fingerprint density at radius 2 is 1.81 bits per heavy atom. The lowest BCUT2D eigenvalue weighted by Crippen LogP contribution is -2.56. The number of amides is 2. The SMILES string of the molecule is CC[C@@H](C)[C@H](NC(=O)N1CCc2cc(OC)c(OC)cc2[C@@H]1c1ccccc1)C(=O)[O-]. The Balaban J connectivity index is 2.03. The minimum atomic E-state index is -1.28. The molecule has 166 valence electrons. The van der Waals surface area contributed by atoms with Crippen LogP contribution in [0.5, 0.6) is 11.5 Å². The lowest BCUT2D eigenvalue weighted by atomic mass is 9.87. The van der Waals surface area contributed by atoms with Crippen LogP contribution in [-0.4, -0.2) is 43.7 Å². The summed E-state index contributed by atoms with van der Waals surface area (Å²) in [5, 5.41) is 14.3. The number of methoxy groups -OCH3 is 2. The lowest BCUT2D eigenvalue weighted by molar-refractivity contribution is -0.309. The van der Waals surface area contributed by atoms with Crippen molar-refractivity contribution in [2.45, 2.75) is 38.8 Å². The first-order chi connectivity index (χ1) is 14.9. The summed E-state index contributed by atoms with van der Waals surface area (Å²) >= 11 is 0. The van der Waals surface area contributed by atoms with Gasteiger partial charge in [0.2, 0.25) is 0 Å². The van der Waals surface area contributed by atoms with Gasteiger partial charge in [0, 0.05) is 6.54 Å². The summed E-state index contributed by atoms with van der Waals surface area (Å²) < 4.78 is 10.9. The number of benzene rings is 2. The predicted molar refractivity (Wildman–Crippen MR) is 115 cm³/mol. The Morgan fingerprint density at radius 3 is 2.39 bits per heavy atom. The lowest BCUT2D eigenvalue weighted by Gasteiger charge is -2.39. The van der Waals surface area contributed by atoms with Gasteiger partial charge in [-0.1, -0.05) is 50.6 Å². The third-order valence-corrected chi connectivity index (χ3v) is 6.00. The fourth-order valence-corrected chi connectivity index (χ4v) is 4.04. The molecule has 1 N–H and O–H groups in total. The summed E-state index contributed by atoms with van der Waals surface area (Å²) in [7, 11) is 3.17. The van der Waals surface area contributed by atoms with Gasteiger partial charge in [-0.05, 0) is 41.2 Å². The summed E-state index contributed by atoms with van der Waals surface area (Å²) in [4.78, 5) is 26.6. The molecule has 3 rings (SSSR count). The Kier molecular flexibility index (Phi) is 7.05. The molecule has 0 bridgehead atoms. The molecule has 1 aliphatic rings. The predicted octanol–water partition coefficient (Wildman–Crippen LogP) is 2.53. The van der Waals surface area contributed by atoms with Crippen LogP contribution >= 0.6 is 0 Å². The van der Waals surface area contributed by atoms with Crippen molar-refractivity contribution in [1.82, 2.24) is 10.2 Å². The summed E-state index contributed by atoms with van der Waals surface area (Å²) in [6, 6.07) is 11.7. The average Bonchev–Trinajstić information content (AvgIpc) is 2.80. The van der Waals surface area contributed by atoms with Gasteiger partial charge in [0.15, 0.2) is 11.5 Å². The molecule has 7 nitrogen and oxygen atoms in total. The van der Waals surface area contributed by atoms with E-state index in [0.717, 1.165) is 16.7 Å². The van der Waals surface area contributed by atoms with E-state index in [4.69, 9.17) is 9.47 Å². The van der Waals surface area contributed by atoms with Crippen molar-refractivity contribution in [2.24, 2.45) is 5.92 Å². The summed E-state index contributed by atoms with van der Waals surface area (Å²) in [5.74, 6) is -0.301. The van der Waals surface area contributed by atoms with E-state index in [-0.39, 0.29) is 12.0 Å². The monoisotopic (exact) mass is 425 g/mol. The molecule has 0 unspecified atom stereocenters. The standard InChI is InChI=1S/C24H30N2O5/c1-5-15(2)21(23(27)28)25-24(29)26-12-11-17-13-19(30-3)20(31-4)14-18(17)22(26)16-9-7-6-8-10-16/h6-10,13-15,21-22H,5,11-12H2,1-4H3,(H,25,29)(H,27,28)/p-1/t15-,21+,22+/m1/s1. The molecule has 0 aliphatic carbocycles. The summed E-state index contributed by atoms with van der Waals surface area (Å²) in [6.07, 6.45) is 1.23. The molecule has 1 heterocycles. The Bertz CT molecular complexity index is 931. The van der Waals surface area contributed by atoms with Crippen LogP contribution in [0.2, 0.25) is 0 Å². The van der Waals surface area contributed by atoms with Crippen LogP contribution in [0.15, 0.2) is 42.5 Å². The fourth-order valence-electron chi connectivity index (χ4n) is 4.04. The van der Waals surface area contributed by atoms with E-state index >= 15 is 0 Å². The maximum atomic E-state index is 13.3. The number of ether oxygens (including phenoxy) is 2. The van der Waals surface area contributed by atoms with Crippen LogP contribution in [0.3, 0.4) is 0 Å². The van der Waals surface area contributed by atoms with E-state index in [1.54, 1.807) is 26.0 Å². The van der Waals surface area contributed by atoms with Crippen molar-refractivity contribution in [3.05, 3.63) is 59.2 Å². The maximum absolute atomic E-state index is 13.3. The first-order valence-electron chi connectivity index (χ1n) is 10.5. The highest BCUT2D eigenvalue weighted by atomic mass is 16.5. The van der Waals surface area contributed by atoms with Gasteiger partial charge in [-0.25, -0.2) is 4.79 Å². The number of fused-ring (bicyclic) bond motifs is 1. The van der Waals surface area contributed by atoms with E-state index in [0.29, 0.717) is 30.9 Å². The third-order valence-electron chi connectivity index (χ3n) is 6.00. The molecule has 3 atom stereocenters. The van der Waals surface area contributed by atoms with Crippen molar-refractivity contribution in [1.29, 1.82) is 0 Å². The molecule has 0 aromatic heterocycles. The zero-order valence-electron chi connectivity index (χ0n) is 18.4. The fraction of sp³-hybridized carbons (Fsp3) is 0.417. The van der Waals surface area contributed by atoms with Gasteiger partial charge in [0.05, 0.1) is 32.3 Å². The molecule has 0 radical (unpaired) electrons. The summed E-state index contributed by atoms with van der Waals surface area (Å²) in [6.45, 7) is 4.11. The van der Waals surface area contributed by atoms with Crippen molar-refractivity contribution < 1.29 is 24.2 Å². The van der Waals surface area contributed by atoms with E-state index in [9.17, 15) is 14.7 Å². The van der Waals surface area contributed by atoms with Crippen LogP contribution in [0.25, 0.3) is 0 Å². The van der Waals surface area contributed by atoms with Crippen LogP contribution in [0, 0.1) is 5.92 Å². The van der Waals surface area contributed by atoms with Crippen molar-refractivity contribution >= 4 is 12.0 Å². The minimum Gasteiger partial charge on any atom is -0.548 e. The number of hydrogen-bond donors (Lipinski definition) is 1. The zero-order valence-corrected chi connectivity index (χ0v) is 18.4. The van der Waals surface area contributed by atoms with Crippen molar-refractivity contribution in [3.63, 3.8) is 0 Å². The molecule has 2 aromatic carbocycles. The highest BCUT2D eigenvalue weighted by Gasteiger charge is 2.34. The molecule has 7 heteroatoms. The van der Waals surface area contributed by atoms with Gasteiger partial charge >= 0.3 is 6.03 Å². The number of urea groups is 1. The molecule has 2 aromatic rings. The molecular weight excluding hydrogens is 396 g/mol. The second-order valence-electron chi connectivity index (χ2n) is 7.79. The van der Waals surface area contributed by atoms with Crippen molar-refractivity contribution in [3.8, 4) is 11.5 Å². The molecule has 0 saturated heterocycles. The third kappa shape index (κ3) is 4.60. The molecule has 2 amide bonds. The number of carboxylic acid groups (broad SMARTS) is 1. The summed E-state index contributed by atoms with van der Waals surface area (Å²) in [5.41, 5.74) is 2.92. The first-order valence-corrected chi connectivity index (χ1v) is 10.5. The molecule has 1 aliphatic heterocycles. The van der Waals surface area contributed by atoms with Gasteiger partial charge in [-0.2, -0.15) is 0 Å². The number of carboxylic acids is 1. The molecular formula is C24H29N2O5-. The number of rotatable bonds is 7. The zero-order chi connectivity index (χ0) is 22.5. The van der Waals surface area contributed by atoms with Crippen LogP contribution in [-0.2, 0) is 11.2 Å². The molecule has 31 heavy (non-hydrogen) atoms. The van der Waals surface area contributed by atoms with Gasteiger partial charge in [0.25, 0.3) is 0 Å². The Labute approximate surface area is 183 Å². The maximum Gasteiger partial charge on any atom is 0.318 e. The number of hydrogen-bond acceptors (Lipinski definition) is 5. The van der Waals surface area contributed by atoms with Crippen LogP contribution in [0.1, 0.15) is 43.0 Å². The van der Waals surface area contributed by atoms with E-state index < -0.39 is 18.0 Å². The van der Waals surface area contributed by atoms with Gasteiger partial charge in [-0.15, -0.1) is 0 Å². The number of aliphatic carboxylic acids is 1. The van der Waals surface area contributed by atoms with Crippen LogP contribution in [0.4, 0.5) is 4.79 Å². The normalized spacial score (nSPS) is 17.3. The highest BCUT2D eigenvalue weighted by molar-refractivity contribution is 5.82. The first kappa shape index (κ1) is 22.5. The van der Waals surface area contributed by atoms with Gasteiger partial charge < -0.3 is 29.6 Å². The molecule has 0 fully saturated rings.